The maximum Gasteiger partial charge on any atom is 0.395 e. The third-order valence-electron chi connectivity index (χ3n) is 16.0. The van der Waals surface area contributed by atoms with Crippen molar-refractivity contribution in [3.8, 4) is 5.75 Å². The first-order chi connectivity index (χ1) is 33.3. The van der Waals surface area contributed by atoms with E-state index in [0.717, 1.165) is 86.1 Å². The van der Waals surface area contributed by atoms with E-state index >= 15 is 0 Å². The second kappa shape index (κ2) is 19.7. The summed E-state index contributed by atoms with van der Waals surface area (Å²) in [5.41, 5.74) is 4.66. The topological polar surface area (TPSA) is 118 Å². The van der Waals surface area contributed by atoms with Crippen molar-refractivity contribution in [1.82, 2.24) is 29.2 Å². The summed E-state index contributed by atoms with van der Waals surface area (Å²) in [5, 5.41) is 2.38. The lowest BCUT2D eigenvalue weighted by molar-refractivity contribution is -0.217. The van der Waals surface area contributed by atoms with Crippen LogP contribution in [0.25, 0.3) is 16.6 Å². The average Bonchev–Trinajstić information content (AvgIpc) is 3.62. The summed E-state index contributed by atoms with van der Waals surface area (Å²) in [7, 11) is 1.64. The molecule has 0 spiro atoms. The number of hydrogen-bond acceptors (Lipinski definition) is 8. The largest absolute Gasteiger partial charge is 0.497 e. The minimum Gasteiger partial charge on any atom is -0.497 e. The van der Waals surface area contributed by atoms with Gasteiger partial charge in [0, 0.05) is 76.4 Å². The number of piperidine rings is 1. The lowest BCUT2D eigenvalue weighted by Crippen LogP contribution is -2.50. The highest BCUT2D eigenvalue weighted by atomic mass is 19.4. The number of alkyl halides is 3. The molecule has 3 fully saturated rings. The fourth-order valence-electron chi connectivity index (χ4n) is 12.1. The predicted octanol–water partition coefficient (Wildman–Crippen LogP) is 8.68. The van der Waals surface area contributed by atoms with Crippen LogP contribution < -0.4 is 15.7 Å². The Morgan fingerprint density at radius 3 is 2.31 bits per heavy atom. The Balaban J connectivity index is 0.807. The van der Waals surface area contributed by atoms with E-state index in [-0.39, 0.29) is 47.9 Å². The maximum absolute atomic E-state index is 14.4. The van der Waals surface area contributed by atoms with E-state index in [0.29, 0.717) is 69.2 Å². The van der Waals surface area contributed by atoms with Crippen LogP contribution in [0.15, 0.2) is 71.5 Å². The molecule has 15 heteroatoms. The van der Waals surface area contributed by atoms with Crippen LogP contribution in [0.3, 0.4) is 0 Å². The smallest absolute Gasteiger partial charge is 0.395 e. The predicted molar refractivity (Wildman–Crippen MR) is 264 cm³/mol. The Hall–Kier alpha value is -5.25. The van der Waals surface area contributed by atoms with Gasteiger partial charge < -0.3 is 14.4 Å². The molecule has 3 atom stereocenters. The summed E-state index contributed by atoms with van der Waals surface area (Å²) >= 11 is 0. The summed E-state index contributed by atoms with van der Waals surface area (Å²) in [5.74, 6) is 0.437. The molecule has 376 valence electrons. The molecule has 0 bridgehead atoms. The SMILES string of the molecule is COc1ccc([C@]2(CCN(Cc3ccc(C4=CC[C@H](CN5CCN(C(=O)c6ccc7c8c6CCCn8c(=O)n7[C@H]6CCC(=O)NC6=O)CC5)CC4)cc3)CC(C)(C)C(F)(F)F)CCOC(C)(C)C2)cc1. The fourth-order valence-corrected chi connectivity index (χ4v) is 12.1. The number of piperazine rings is 1. The Kier molecular flexibility index (Phi) is 14.0. The number of aromatic nitrogens is 2. The fraction of sp³-hybridized carbons (Fsp3) is 0.564. The van der Waals surface area contributed by atoms with Gasteiger partial charge in [-0.05, 0) is 150 Å². The number of hydrogen-bond donors (Lipinski definition) is 1. The van der Waals surface area contributed by atoms with E-state index in [1.165, 1.54) is 29.6 Å². The Morgan fingerprint density at radius 2 is 1.66 bits per heavy atom. The second-order valence-corrected chi connectivity index (χ2v) is 21.9. The van der Waals surface area contributed by atoms with Gasteiger partial charge in [-0.3, -0.25) is 38.6 Å². The summed E-state index contributed by atoms with van der Waals surface area (Å²) < 4.78 is 58.0. The van der Waals surface area contributed by atoms with E-state index in [1.807, 2.05) is 28.0 Å². The van der Waals surface area contributed by atoms with E-state index in [4.69, 9.17) is 9.47 Å². The van der Waals surface area contributed by atoms with Crippen LogP contribution in [-0.2, 0) is 39.3 Å². The number of amides is 3. The van der Waals surface area contributed by atoms with Gasteiger partial charge in [-0.25, -0.2) is 4.79 Å². The molecule has 1 aromatic heterocycles. The van der Waals surface area contributed by atoms with Crippen molar-refractivity contribution in [2.75, 3.05) is 59.5 Å². The van der Waals surface area contributed by atoms with Crippen molar-refractivity contribution in [1.29, 1.82) is 0 Å². The van der Waals surface area contributed by atoms with Gasteiger partial charge in [-0.1, -0.05) is 42.5 Å². The number of benzene rings is 3. The molecule has 3 amide bonds. The molecule has 9 rings (SSSR count). The van der Waals surface area contributed by atoms with Gasteiger partial charge in [-0.2, -0.15) is 13.2 Å². The molecule has 1 aliphatic carbocycles. The first-order valence-electron chi connectivity index (χ1n) is 25.3. The van der Waals surface area contributed by atoms with Crippen LogP contribution in [0.4, 0.5) is 13.2 Å². The van der Waals surface area contributed by atoms with Crippen LogP contribution in [0.2, 0.25) is 0 Å². The number of halogens is 3. The van der Waals surface area contributed by atoms with Gasteiger partial charge >= 0.3 is 11.9 Å². The molecular weight excluding hydrogens is 898 g/mol. The van der Waals surface area contributed by atoms with Gasteiger partial charge in [0.15, 0.2) is 0 Å². The average molecular weight is 967 g/mol. The molecule has 1 N–H and O–H groups in total. The number of methoxy groups -OCH3 is 1. The highest BCUT2D eigenvalue weighted by Gasteiger charge is 2.49. The number of nitrogens with zero attached hydrogens (tertiary/aromatic N) is 5. The van der Waals surface area contributed by atoms with E-state index in [1.54, 1.807) is 17.7 Å². The molecule has 70 heavy (non-hydrogen) atoms. The number of allylic oxidation sites excluding steroid dienone is 2. The summed E-state index contributed by atoms with van der Waals surface area (Å²) in [4.78, 5) is 58.8. The van der Waals surface area contributed by atoms with Crippen molar-refractivity contribution < 1.29 is 37.0 Å². The normalized spacial score (nSPS) is 23.4. The summed E-state index contributed by atoms with van der Waals surface area (Å²) in [6.45, 7) is 12.5. The zero-order chi connectivity index (χ0) is 49.6. The monoisotopic (exact) mass is 967 g/mol. The van der Waals surface area contributed by atoms with Crippen LogP contribution in [0.5, 0.6) is 5.75 Å². The Morgan fingerprint density at radius 1 is 0.914 bits per heavy atom. The van der Waals surface area contributed by atoms with Crippen LogP contribution in [0.1, 0.15) is 124 Å². The van der Waals surface area contributed by atoms with Crippen molar-refractivity contribution in [3.63, 3.8) is 0 Å². The number of rotatable bonds is 14. The van der Waals surface area contributed by atoms with Gasteiger partial charge in [0.2, 0.25) is 11.8 Å². The van der Waals surface area contributed by atoms with E-state index < -0.39 is 23.5 Å². The molecule has 4 aromatic rings. The van der Waals surface area contributed by atoms with E-state index in [9.17, 15) is 32.3 Å². The van der Waals surface area contributed by atoms with Crippen LogP contribution in [0, 0.1) is 11.3 Å². The third-order valence-corrected chi connectivity index (χ3v) is 16.0. The molecule has 0 unspecified atom stereocenters. The van der Waals surface area contributed by atoms with Gasteiger partial charge in [0.1, 0.15) is 11.8 Å². The minimum absolute atomic E-state index is 0.0301. The first kappa shape index (κ1) is 49.7. The maximum atomic E-state index is 14.4. The molecule has 0 radical (unpaired) electrons. The molecule has 3 saturated heterocycles. The lowest BCUT2D eigenvalue weighted by Gasteiger charge is -2.46. The third kappa shape index (κ3) is 10.3. The molecule has 3 aromatic carbocycles. The van der Waals surface area contributed by atoms with Gasteiger partial charge in [0.05, 0.1) is 29.2 Å². The zero-order valence-electron chi connectivity index (χ0n) is 41.5. The number of ether oxygens (including phenoxy) is 2. The molecule has 5 heterocycles. The highest BCUT2D eigenvalue weighted by molar-refractivity contribution is 6.02. The van der Waals surface area contributed by atoms with Crippen LogP contribution in [-0.4, -0.2) is 113 Å². The quantitative estimate of drug-likeness (QED) is 0.125. The summed E-state index contributed by atoms with van der Waals surface area (Å²) in [6.07, 6.45) is 5.05. The number of nitrogens with one attached hydrogen (secondary N) is 1. The second-order valence-electron chi connectivity index (χ2n) is 21.9. The number of carbonyl (C=O) groups is 3. The van der Waals surface area contributed by atoms with E-state index in [2.05, 4.69) is 66.5 Å². The molecule has 12 nitrogen and oxygen atoms in total. The first-order valence-corrected chi connectivity index (χ1v) is 25.3. The lowest BCUT2D eigenvalue weighted by atomic mass is 9.67. The molecule has 4 aliphatic heterocycles. The van der Waals surface area contributed by atoms with Gasteiger partial charge in [0.25, 0.3) is 5.91 Å². The highest BCUT2D eigenvalue weighted by Crippen LogP contribution is 2.46. The summed E-state index contributed by atoms with van der Waals surface area (Å²) in [6, 6.07) is 19.4. The standard InChI is InChI=1S/C55H69F3N6O6/c1-52(2,55(56,57)58)36-61(27-24-54(25-32-70-53(3,4)35-54)41-16-18-42(69-5)19-17-41)34-38-10-14-40(15-11-38)39-12-8-37(9-13-39)33-60-28-30-62(31-29-60)50(67)44-20-21-45-48-43(44)7-6-26-63(48)51(68)64(45)46-22-23-47(65)59-49(46)66/h10-12,14-21,37,46H,6-9,13,22-36H2,1-5H3,(H,59,65,66)/t37-,46-,54+/m0/s1. The Labute approximate surface area is 409 Å². The van der Waals surface area contributed by atoms with Gasteiger partial charge in [-0.15, -0.1) is 0 Å². The van der Waals surface area contributed by atoms with Crippen molar-refractivity contribution in [2.24, 2.45) is 11.3 Å². The minimum atomic E-state index is -4.35. The molecular formula is C55H69F3N6O6. The number of imidazole rings is 1. The van der Waals surface area contributed by atoms with Crippen LogP contribution >= 0.6 is 0 Å². The molecule has 0 saturated carbocycles. The molecule has 5 aliphatic rings. The van der Waals surface area contributed by atoms with Crippen molar-refractivity contribution in [3.05, 3.63) is 105 Å². The zero-order valence-corrected chi connectivity index (χ0v) is 41.5. The number of aryl methyl sites for hydroxylation is 2. The van der Waals surface area contributed by atoms with Crippen molar-refractivity contribution in [2.45, 2.75) is 128 Å². The number of imide groups is 1. The Bertz CT molecular complexity index is 2680. The van der Waals surface area contributed by atoms with Crippen molar-refractivity contribution >= 4 is 34.3 Å². The number of carbonyl (C=O) groups excluding carboxylic acids is 3.